The lowest BCUT2D eigenvalue weighted by Gasteiger charge is -2.14. The van der Waals surface area contributed by atoms with Gasteiger partial charge in [0.05, 0.1) is 6.61 Å². The Morgan fingerprint density at radius 3 is 2.48 bits per heavy atom. The lowest BCUT2D eigenvalue weighted by atomic mass is 9.99. The molecule has 0 fully saturated rings. The molecule has 108 valence electrons. The summed E-state index contributed by atoms with van der Waals surface area (Å²) < 4.78 is 6.17. The minimum Gasteiger partial charge on any atom is -0.492 e. The maximum Gasteiger partial charge on any atom is 0.134 e. The summed E-state index contributed by atoms with van der Waals surface area (Å²) in [7, 11) is 0. The van der Waals surface area contributed by atoms with E-state index in [1.165, 1.54) is 27.1 Å². The Balaban J connectivity index is 2.22. The molecule has 3 aromatic carbocycles. The number of fused-ring (bicyclic) bond motifs is 2. The van der Waals surface area contributed by atoms with Gasteiger partial charge in [0, 0.05) is 10.8 Å². The van der Waals surface area contributed by atoms with Gasteiger partial charge in [0.1, 0.15) is 5.75 Å². The van der Waals surface area contributed by atoms with Crippen molar-refractivity contribution in [3.63, 3.8) is 0 Å². The number of aryl methyl sites for hydroxylation is 1. The maximum atomic E-state index is 6.17. The second-order valence-corrected chi connectivity index (χ2v) is 5.54. The summed E-state index contributed by atoms with van der Waals surface area (Å²) in [5.41, 5.74) is 1.36. The van der Waals surface area contributed by atoms with Gasteiger partial charge in [-0.15, -0.1) is 0 Å². The highest BCUT2D eigenvalue weighted by molar-refractivity contribution is 6.05. The number of unbranched alkanes of at least 4 members (excludes halogenated alkanes) is 1. The Morgan fingerprint density at radius 2 is 1.67 bits per heavy atom. The van der Waals surface area contributed by atoms with Crippen LogP contribution in [0.15, 0.2) is 48.5 Å². The van der Waals surface area contributed by atoms with Crippen LogP contribution in [0.1, 0.15) is 32.3 Å². The summed E-state index contributed by atoms with van der Waals surface area (Å²) in [6.07, 6.45) is 3.30. The average Bonchev–Trinajstić information content (AvgIpc) is 2.54. The molecule has 0 aliphatic heterocycles. The van der Waals surface area contributed by atoms with Gasteiger partial charge in [-0.1, -0.05) is 56.7 Å². The van der Waals surface area contributed by atoms with Crippen molar-refractivity contribution >= 4 is 21.5 Å². The van der Waals surface area contributed by atoms with Crippen molar-refractivity contribution in [2.24, 2.45) is 0 Å². The third-order valence-corrected chi connectivity index (χ3v) is 4.03. The summed E-state index contributed by atoms with van der Waals surface area (Å²) in [4.78, 5) is 0. The molecule has 1 heteroatoms. The highest BCUT2D eigenvalue weighted by Crippen LogP contribution is 2.35. The molecule has 3 rings (SSSR count). The van der Waals surface area contributed by atoms with Crippen molar-refractivity contribution in [1.29, 1.82) is 0 Å². The molecule has 0 atom stereocenters. The molecular formula is C20H22O. The van der Waals surface area contributed by atoms with Crippen molar-refractivity contribution in [2.75, 3.05) is 6.61 Å². The highest BCUT2D eigenvalue weighted by Gasteiger charge is 2.09. The largest absolute Gasteiger partial charge is 0.492 e. The monoisotopic (exact) mass is 278 g/mol. The van der Waals surface area contributed by atoms with Gasteiger partial charge in [0.2, 0.25) is 0 Å². The number of hydrogen-bond acceptors (Lipinski definition) is 1. The van der Waals surface area contributed by atoms with E-state index in [2.05, 4.69) is 62.4 Å². The molecule has 0 aliphatic carbocycles. The predicted octanol–water partition coefficient (Wildman–Crippen LogP) is 5.73. The van der Waals surface area contributed by atoms with Crippen LogP contribution in [0.2, 0.25) is 0 Å². The van der Waals surface area contributed by atoms with Gasteiger partial charge in [0.15, 0.2) is 0 Å². The fourth-order valence-corrected chi connectivity index (χ4v) is 2.76. The van der Waals surface area contributed by atoms with E-state index in [-0.39, 0.29) is 0 Å². The van der Waals surface area contributed by atoms with Crippen LogP contribution in [-0.4, -0.2) is 6.61 Å². The smallest absolute Gasteiger partial charge is 0.134 e. The first-order chi connectivity index (χ1) is 10.3. The van der Waals surface area contributed by atoms with Crippen LogP contribution in [0.4, 0.5) is 0 Å². The number of rotatable bonds is 5. The van der Waals surface area contributed by atoms with Gasteiger partial charge < -0.3 is 4.74 Å². The summed E-state index contributed by atoms with van der Waals surface area (Å²) in [6.45, 7) is 5.18. The standard InChI is InChI=1S/C20H22O/c1-3-5-12-21-20-18-9-7-6-8-16(18)14-17-11-10-15(4-2)13-19(17)20/h6-11,13-14H,3-5,12H2,1-2H3. The first kappa shape index (κ1) is 13.9. The Labute approximate surface area is 126 Å². The average molecular weight is 278 g/mol. The Hall–Kier alpha value is -2.02. The zero-order valence-corrected chi connectivity index (χ0v) is 12.9. The molecule has 0 amide bonds. The topological polar surface area (TPSA) is 9.23 Å². The predicted molar refractivity (Wildman–Crippen MR) is 91.2 cm³/mol. The first-order valence-electron chi connectivity index (χ1n) is 7.90. The quantitative estimate of drug-likeness (QED) is 0.427. The number of ether oxygens (including phenoxy) is 1. The van der Waals surface area contributed by atoms with Crippen LogP contribution in [0.3, 0.4) is 0 Å². The summed E-state index contributed by atoms with van der Waals surface area (Å²) >= 11 is 0. The third-order valence-electron chi connectivity index (χ3n) is 4.03. The second kappa shape index (κ2) is 6.17. The molecule has 0 aliphatic rings. The van der Waals surface area contributed by atoms with Crippen molar-refractivity contribution in [1.82, 2.24) is 0 Å². The summed E-state index contributed by atoms with van der Waals surface area (Å²) in [6, 6.07) is 17.5. The van der Waals surface area contributed by atoms with Gasteiger partial charge in [0.25, 0.3) is 0 Å². The summed E-state index contributed by atoms with van der Waals surface area (Å²) in [5, 5.41) is 4.97. The fourth-order valence-electron chi connectivity index (χ4n) is 2.76. The van der Waals surface area contributed by atoms with Gasteiger partial charge in [-0.05, 0) is 41.3 Å². The normalized spacial score (nSPS) is 11.1. The Morgan fingerprint density at radius 1 is 0.857 bits per heavy atom. The second-order valence-electron chi connectivity index (χ2n) is 5.54. The molecule has 1 nitrogen and oxygen atoms in total. The van der Waals surface area contributed by atoms with E-state index in [1.807, 2.05) is 0 Å². The van der Waals surface area contributed by atoms with Crippen LogP contribution in [0.25, 0.3) is 21.5 Å². The molecule has 0 radical (unpaired) electrons. The molecule has 21 heavy (non-hydrogen) atoms. The molecule has 0 heterocycles. The van der Waals surface area contributed by atoms with Crippen molar-refractivity contribution < 1.29 is 4.74 Å². The Kier molecular flexibility index (Phi) is 4.10. The lowest BCUT2D eigenvalue weighted by Crippen LogP contribution is -1.98. The molecule has 0 bridgehead atoms. The van der Waals surface area contributed by atoms with E-state index in [0.29, 0.717) is 0 Å². The van der Waals surface area contributed by atoms with Crippen LogP contribution >= 0.6 is 0 Å². The van der Waals surface area contributed by atoms with Crippen molar-refractivity contribution in [2.45, 2.75) is 33.1 Å². The molecule has 0 N–H and O–H groups in total. The van der Waals surface area contributed by atoms with Gasteiger partial charge in [-0.25, -0.2) is 0 Å². The van der Waals surface area contributed by atoms with E-state index < -0.39 is 0 Å². The fraction of sp³-hybridized carbons (Fsp3) is 0.300. The third kappa shape index (κ3) is 2.73. The highest BCUT2D eigenvalue weighted by atomic mass is 16.5. The van der Waals surface area contributed by atoms with Crippen molar-refractivity contribution in [3.8, 4) is 5.75 Å². The van der Waals surface area contributed by atoms with E-state index >= 15 is 0 Å². The maximum absolute atomic E-state index is 6.17. The Bertz CT molecular complexity index is 758. The molecule has 0 spiro atoms. The van der Waals surface area contributed by atoms with Crippen molar-refractivity contribution in [3.05, 3.63) is 54.1 Å². The van der Waals surface area contributed by atoms with E-state index in [0.717, 1.165) is 31.6 Å². The minimum absolute atomic E-state index is 0.788. The SMILES string of the molecule is CCCCOc1c2ccccc2cc2ccc(CC)cc12. The molecule has 0 saturated carbocycles. The van der Waals surface area contributed by atoms with E-state index in [9.17, 15) is 0 Å². The zero-order chi connectivity index (χ0) is 14.7. The van der Waals surface area contributed by atoms with Crippen LogP contribution in [0, 0.1) is 0 Å². The van der Waals surface area contributed by atoms with E-state index in [4.69, 9.17) is 4.74 Å². The molecule has 3 aromatic rings. The number of hydrogen-bond donors (Lipinski definition) is 0. The molecule has 0 aromatic heterocycles. The first-order valence-corrected chi connectivity index (χ1v) is 7.90. The van der Waals surface area contributed by atoms with Crippen LogP contribution < -0.4 is 4.74 Å². The zero-order valence-electron chi connectivity index (χ0n) is 12.9. The van der Waals surface area contributed by atoms with E-state index in [1.54, 1.807) is 0 Å². The number of benzene rings is 3. The summed E-state index contributed by atoms with van der Waals surface area (Å²) in [5.74, 6) is 1.05. The van der Waals surface area contributed by atoms with Gasteiger partial charge in [-0.3, -0.25) is 0 Å². The van der Waals surface area contributed by atoms with Gasteiger partial charge >= 0.3 is 0 Å². The molecule has 0 saturated heterocycles. The molecular weight excluding hydrogens is 256 g/mol. The minimum atomic E-state index is 0.788. The van der Waals surface area contributed by atoms with Crippen LogP contribution in [0.5, 0.6) is 5.75 Å². The van der Waals surface area contributed by atoms with Crippen LogP contribution in [-0.2, 0) is 6.42 Å². The molecule has 0 unspecified atom stereocenters. The lowest BCUT2D eigenvalue weighted by molar-refractivity contribution is 0.316. The van der Waals surface area contributed by atoms with Gasteiger partial charge in [-0.2, -0.15) is 0 Å².